The zero-order valence-electron chi connectivity index (χ0n) is 9.57. The van der Waals surface area contributed by atoms with Gasteiger partial charge in [0.1, 0.15) is 0 Å². The number of halogens is 1. The zero-order chi connectivity index (χ0) is 13.1. The van der Waals surface area contributed by atoms with Gasteiger partial charge in [-0.1, -0.05) is 15.9 Å². The number of carbonyl (C=O) groups is 2. The third-order valence-corrected chi connectivity index (χ3v) is 3.39. The van der Waals surface area contributed by atoms with Crippen LogP contribution in [0, 0.1) is 5.92 Å². The second kappa shape index (κ2) is 5.49. The summed E-state index contributed by atoms with van der Waals surface area (Å²) < 4.78 is 0.729. The molecular formula is C12H13BrN2O3. The molecule has 6 heteroatoms. The second-order valence-corrected chi connectivity index (χ2v) is 5.09. The van der Waals surface area contributed by atoms with E-state index in [9.17, 15) is 9.59 Å². The van der Waals surface area contributed by atoms with Gasteiger partial charge in [0.2, 0.25) is 5.91 Å². The maximum Gasteiger partial charge on any atom is 0.337 e. The van der Waals surface area contributed by atoms with E-state index >= 15 is 0 Å². The van der Waals surface area contributed by atoms with Gasteiger partial charge in [-0.3, -0.25) is 4.79 Å². The Labute approximate surface area is 113 Å². The molecule has 1 saturated heterocycles. The fraction of sp³-hybridized carbons (Fsp3) is 0.333. The topological polar surface area (TPSA) is 78.4 Å². The number of benzene rings is 1. The third kappa shape index (κ3) is 2.88. The number of hydrogen-bond donors (Lipinski definition) is 3. The molecule has 5 nitrogen and oxygen atoms in total. The summed E-state index contributed by atoms with van der Waals surface area (Å²) in [5.41, 5.74) is 0.422. The van der Waals surface area contributed by atoms with Gasteiger partial charge in [-0.05, 0) is 31.2 Å². The molecule has 1 aromatic carbocycles. The summed E-state index contributed by atoms with van der Waals surface area (Å²) in [5.74, 6) is -1.28. The van der Waals surface area contributed by atoms with E-state index < -0.39 is 5.97 Å². The Bertz CT molecular complexity index is 484. The van der Waals surface area contributed by atoms with Crippen molar-refractivity contribution < 1.29 is 14.7 Å². The van der Waals surface area contributed by atoms with Crippen molar-refractivity contribution in [3.05, 3.63) is 28.2 Å². The normalized spacial score (nSPS) is 18.6. The van der Waals surface area contributed by atoms with Crippen LogP contribution in [0.5, 0.6) is 0 Å². The summed E-state index contributed by atoms with van der Waals surface area (Å²) >= 11 is 3.26. The standard InChI is InChI=1S/C12H13BrN2O3/c13-8-1-2-9(12(17)18)10(5-8)15-11(16)7-3-4-14-6-7/h1-2,5,7,14H,3-4,6H2,(H,15,16)(H,17,18). The zero-order valence-corrected chi connectivity index (χ0v) is 11.2. The van der Waals surface area contributed by atoms with E-state index in [1.165, 1.54) is 6.07 Å². The fourth-order valence-electron chi connectivity index (χ4n) is 1.92. The molecule has 1 aliphatic rings. The number of nitrogens with one attached hydrogen (secondary N) is 2. The van der Waals surface area contributed by atoms with Crippen LogP contribution in [0.3, 0.4) is 0 Å². The quantitative estimate of drug-likeness (QED) is 0.793. The lowest BCUT2D eigenvalue weighted by Crippen LogP contribution is -2.25. The first-order chi connectivity index (χ1) is 8.58. The van der Waals surface area contributed by atoms with Crippen LogP contribution in [-0.2, 0) is 4.79 Å². The summed E-state index contributed by atoms with van der Waals surface area (Å²) in [7, 11) is 0. The highest BCUT2D eigenvalue weighted by atomic mass is 79.9. The van der Waals surface area contributed by atoms with Crippen LogP contribution in [0.4, 0.5) is 5.69 Å². The van der Waals surface area contributed by atoms with E-state index in [-0.39, 0.29) is 17.4 Å². The molecule has 0 radical (unpaired) electrons. The molecule has 1 aliphatic heterocycles. The number of aromatic carboxylic acids is 1. The van der Waals surface area contributed by atoms with Crippen molar-refractivity contribution in [1.29, 1.82) is 0 Å². The smallest absolute Gasteiger partial charge is 0.337 e. The monoisotopic (exact) mass is 312 g/mol. The van der Waals surface area contributed by atoms with Gasteiger partial charge >= 0.3 is 5.97 Å². The predicted octanol–water partition coefficient (Wildman–Crippen LogP) is 1.70. The van der Waals surface area contributed by atoms with Gasteiger partial charge < -0.3 is 15.7 Å². The van der Waals surface area contributed by atoms with Crippen molar-refractivity contribution in [2.75, 3.05) is 18.4 Å². The molecule has 1 aromatic rings. The van der Waals surface area contributed by atoms with Crippen molar-refractivity contribution >= 4 is 33.5 Å². The predicted molar refractivity (Wildman–Crippen MR) is 70.7 cm³/mol. The Morgan fingerprint density at radius 2 is 2.22 bits per heavy atom. The van der Waals surface area contributed by atoms with E-state index in [1.54, 1.807) is 12.1 Å². The van der Waals surface area contributed by atoms with Gasteiger partial charge in [-0.2, -0.15) is 0 Å². The minimum atomic E-state index is -1.05. The largest absolute Gasteiger partial charge is 0.478 e. The maximum atomic E-state index is 11.9. The first-order valence-electron chi connectivity index (χ1n) is 5.62. The van der Waals surface area contributed by atoms with Crippen LogP contribution in [0.2, 0.25) is 0 Å². The molecule has 2 rings (SSSR count). The first-order valence-corrected chi connectivity index (χ1v) is 6.41. The minimum absolute atomic E-state index is 0.0920. The van der Waals surface area contributed by atoms with Crippen LogP contribution in [0.25, 0.3) is 0 Å². The summed E-state index contributed by atoms with van der Waals surface area (Å²) in [5, 5.41) is 14.8. The van der Waals surface area contributed by atoms with Crippen molar-refractivity contribution in [2.24, 2.45) is 5.92 Å². The van der Waals surface area contributed by atoms with Gasteiger partial charge in [-0.25, -0.2) is 4.79 Å². The molecule has 1 amide bonds. The Morgan fingerprint density at radius 1 is 1.44 bits per heavy atom. The molecule has 96 valence electrons. The van der Waals surface area contributed by atoms with Gasteiger partial charge in [0.15, 0.2) is 0 Å². The van der Waals surface area contributed by atoms with Gasteiger partial charge in [0, 0.05) is 11.0 Å². The number of rotatable bonds is 3. The van der Waals surface area contributed by atoms with E-state index in [4.69, 9.17) is 5.11 Å². The number of amides is 1. The minimum Gasteiger partial charge on any atom is -0.478 e. The van der Waals surface area contributed by atoms with E-state index in [0.29, 0.717) is 12.2 Å². The summed E-state index contributed by atoms with van der Waals surface area (Å²) in [6.45, 7) is 1.46. The Morgan fingerprint density at radius 3 is 2.83 bits per heavy atom. The maximum absolute atomic E-state index is 11.9. The van der Waals surface area contributed by atoms with E-state index in [0.717, 1.165) is 17.4 Å². The molecule has 0 aromatic heterocycles. The third-order valence-electron chi connectivity index (χ3n) is 2.90. The van der Waals surface area contributed by atoms with Crippen molar-refractivity contribution in [3.63, 3.8) is 0 Å². The molecule has 1 atom stereocenters. The highest BCUT2D eigenvalue weighted by Gasteiger charge is 2.23. The first kappa shape index (κ1) is 13.0. The molecule has 3 N–H and O–H groups in total. The van der Waals surface area contributed by atoms with Crippen LogP contribution < -0.4 is 10.6 Å². The number of hydrogen-bond acceptors (Lipinski definition) is 3. The summed E-state index contributed by atoms with van der Waals surface area (Å²) in [4.78, 5) is 23.0. The molecule has 0 spiro atoms. The molecule has 0 saturated carbocycles. The molecular weight excluding hydrogens is 300 g/mol. The molecule has 1 heterocycles. The lowest BCUT2D eigenvalue weighted by Gasteiger charge is -2.12. The Balaban J connectivity index is 2.19. The van der Waals surface area contributed by atoms with Gasteiger partial charge in [-0.15, -0.1) is 0 Å². The van der Waals surface area contributed by atoms with Crippen molar-refractivity contribution in [1.82, 2.24) is 5.32 Å². The van der Waals surface area contributed by atoms with Crippen LogP contribution >= 0.6 is 15.9 Å². The van der Waals surface area contributed by atoms with Gasteiger partial charge in [0.25, 0.3) is 0 Å². The number of carboxylic acids is 1. The highest BCUT2D eigenvalue weighted by molar-refractivity contribution is 9.10. The highest BCUT2D eigenvalue weighted by Crippen LogP contribution is 2.22. The second-order valence-electron chi connectivity index (χ2n) is 4.17. The molecule has 18 heavy (non-hydrogen) atoms. The molecule has 1 fully saturated rings. The van der Waals surface area contributed by atoms with Gasteiger partial charge in [0.05, 0.1) is 17.2 Å². The number of carbonyl (C=O) groups excluding carboxylic acids is 1. The van der Waals surface area contributed by atoms with Crippen molar-refractivity contribution in [3.8, 4) is 0 Å². The number of anilines is 1. The Hall–Kier alpha value is -1.40. The summed E-state index contributed by atoms with van der Waals surface area (Å²) in [6, 6.07) is 4.70. The van der Waals surface area contributed by atoms with Crippen LogP contribution in [-0.4, -0.2) is 30.1 Å². The Kier molecular flexibility index (Phi) is 3.98. The average molecular weight is 313 g/mol. The number of carboxylic acid groups (broad SMARTS) is 1. The fourth-order valence-corrected chi connectivity index (χ4v) is 2.28. The van der Waals surface area contributed by atoms with E-state index in [2.05, 4.69) is 26.6 Å². The lowest BCUT2D eigenvalue weighted by atomic mass is 10.1. The lowest BCUT2D eigenvalue weighted by molar-refractivity contribution is -0.119. The molecule has 0 aliphatic carbocycles. The van der Waals surface area contributed by atoms with Crippen molar-refractivity contribution in [2.45, 2.75) is 6.42 Å². The average Bonchev–Trinajstić information content (AvgIpc) is 2.81. The molecule has 0 bridgehead atoms. The SMILES string of the molecule is O=C(O)c1ccc(Br)cc1NC(=O)C1CCNC1. The van der Waals surface area contributed by atoms with Crippen LogP contribution in [0.1, 0.15) is 16.8 Å². The van der Waals surface area contributed by atoms with Crippen LogP contribution in [0.15, 0.2) is 22.7 Å². The molecule has 1 unspecified atom stereocenters. The van der Waals surface area contributed by atoms with E-state index in [1.807, 2.05) is 0 Å². The summed E-state index contributed by atoms with van der Waals surface area (Å²) in [6.07, 6.45) is 0.780.